The molecule has 6 nitrogen and oxygen atoms in total. The van der Waals surface area contributed by atoms with Crippen molar-refractivity contribution in [3.63, 3.8) is 0 Å². The van der Waals surface area contributed by atoms with Gasteiger partial charge in [-0.1, -0.05) is 0 Å². The summed E-state index contributed by atoms with van der Waals surface area (Å²) in [5.41, 5.74) is 0. The monoisotopic (exact) mass is 270 g/mol. The molecule has 1 aromatic carbocycles. The molecule has 1 aliphatic rings. The van der Waals surface area contributed by atoms with Gasteiger partial charge < -0.3 is 10.0 Å². The third-order valence-corrected chi connectivity index (χ3v) is 4.36. The summed E-state index contributed by atoms with van der Waals surface area (Å²) in [6.07, 6.45) is 0.465. The second kappa shape index (κ2) is 4.58. The Labute approximate surface area is 105 Å². The molecule has 98 valence electrons. The van der Waals surface area contributed by atoms with Gasteiger partial charge in [-0.25, -0.2) is 8.42 Å². The Kier molecular flexibility index (Phi) is 3.27. The third-order valence-electron chi connectivity index (χ3n) is 2.87. The molecule has 1 unspecified atom stereocenters. The number of nitrogens with zero attached hydrogens (tertiary/aromatic N) is 1. The van der Waals surface area contributed by atoms with Crippen LogP contribution in [0.5, 0.6) is 5.75 Å². The molecule has 1 saturated heterocycles. The van der Waals surface area contributed by atoms with Crippen LogP contribution in [0.2, 0.25) is 0 Å². The summed E-state index contributed by atoms with van der Waals surface area (Å²) in [6, 6.07) is 4.46. The average Bonchev–Trinajstić information content (AvgIpc) is 2.61. The number of phenolic OH excluding ortho intramolecular Hbond substituents is 1. The number of hydrogen-bond donors (Lipinski definition) is 2. The van der Waals surface area contributed by atoms with Crippen LogP contribution in [0, 0.1) is 0 Å². The Morgan fingerprint density at radius 3 is 2.44 bits per heavy atom. The van der Waals surface area contributed by atoms with Crippen molar-refractivity contribution in [2.75, 3.05) is 13.6 Å². The molecule has 0 radical (unpaired) electrons. The summed E-state index contributed by atoms with van der Waals surface area (Å²) < 4.78 is 26.3. The van der Waals surface area contributed by atoms with Gasteiger partial charge in [0.15, 0.2) is 0 Å². The Morgan fingerprint density at radius 1 is 1.33 bits per heavy atom. The van der Waals surface area contributed by atoms with Crippen molar-refractivity contribution in [2.24, 2.45) is 0 Å². The number of amides is 1. The summed E-state index contributed by atoms with van der Waals surface area (Å²) in [6.45, 7) is 0.543. The summed E-state index contributed by atoms with van der Waals surface area (Å²) in [4.78, 5) is 13.1. The van der Waals surface area contributed by atoms with Crippen molar-refractivity contribution >= 4 is 15.9 Å². The van der Waals surface area contributed by atoms with Crippen LogP contribution in [0.3, 0.4) is 0 Å². The minimum absolute atomic E-state index is 0.00868. The van der Waals surface area contributed by atoms with E-state index in [2.05, 4.69) is 4.72 Å². The molecule has 1 fully saturated rings. The normalized spacial score (nSPS) is 20.4. The largest absolute Gasteiger partial charge is 0.508 e. The van der Waals surface area contributed by atoms with E-state index in [1.807, 2.05) is 0 Å². The molecule has 1 atom stereocenters. The highest BCUT2D eigenvalue weighted by Crippen LogP contribution is 2.17. The Morgan fingerprint density at radius 2 is 1.94 bits per heavy atom. The predicted octanol–water partition coefficient (Wildman–Crippen LogP) is -0.0988. The second-order valence-electron chi connectivity index (χ2n) is 4.22. The number of carbonyl (C=O) groups excluding carboxylic acids is 1. The van der Waals surface area contributed by atoms with Crippen LogP contribution in [-0.4, -0.2) is 44.0 Å². The molecule has 1 aliphatic heterocycles. The van der Waals surface area contributed by atoms with Crippen molar-refractivity contribution in [3.8, 4) is 5.75 Å². The second-order valence-corrected chi connectivity index (χ2v) is 5.93. The van der Waals surface area contributed by atoms with E-state index in [1.54, 1.807) is 7.05 Å². The van der Waals surface area contributed by atoms with E-state index in [9.17, 15) is 13.2 Å². The zero-order valence-electron chi connectivity index (χ0n) is 9.83. The van der Waals surface area contributed by atoms with Crippen molar-refractivity contribution in [3.05, 3.63) is 24.3 Å². The first kappa shape index (κ1) is 12.8. The lowest BCUT2D eigenvalue weighted by Gasteiger charge is -2.12. The molecule has 18 heavy (non-hydrogen) atoms. The Balaban J connectivity index is 2.18. The van der Waals surface area contributed by atoms with Crippen LogP contribution < -0.4 is 4.72 Å². The van der Waals surface area contributed by atoms with E-state index >= 15 is 0 Å². The van der Waals surface area contributed by atoms with Gasteiger partial charge in [-0.15, -0.1) is 0 Å². The van der Waals surface area contributed by atoms with Crippen molar-refractivity contribution in [2.45, 2.75) is 17.4 Å². The van der Waals surface area contributed by atoms with Crippen LogP contribution in [-0.2, 0) is 14.8 Å². The summed E-state index contributed by atoms with van der Waals surface area (Å²) in [7, 11) is -2.09. The van der Waals surface area contributed by atoms with Gasteiger partial charge in [-0.2, -0.15) is 4.72 Å². The molecule has 1 amide bonds. The van der Waals surface area contributed by atoms with Crippen LogP contribution in [0.25, 0.3) is 0 Å². The van der Waals surface area contributed by atoms with E-state index in [0.717, 1.165) is 0 Å². The van der Waals surface area contributed by atoms with E-state index in [1.165, 1.54) is 29.2 Å². The summed E-state index contributed by atoms with van der Waals surface area (Å²) >= 11 is 0. The van der Waals surface area contributed by atoms with Crippen molar-refractivity contribution < 1.29 is 18.3 Å². The fourth-order valence-corrected chi connectivity index (χ4v) is 3.04. The summed E-state index contributed by atoms with van der Waals surface area (Å²) in [5, 5.41) is 9.11. The predicted molar refractivity (Wildman–Crippen MR) is 64.5 cm³/mol. The number of benzene rings is 1. The van der Waals surface area contributed by atoms with Crippen LogP contribution in [0.4, 0.5) is 0 Å². The summed E-state index contributed by atoms with van der Waals surface area (Å²) in [5.74, 6) is -0.233. The van der Waals surface area contributed by atoms with Gasteiger partial charge in [0.2, 0.25) is 15.9 Å². The van der Waals surface area contributed by atoms with Crippen molar-refractivity contribution in [1.29, 1.82) is 0 Å². The number of nitrogens with one attached hydrogen (secondary N) is 1. The zero-order valence-corrected chi connectivity index (χ0v) is 10.6. The van der Waals surface area contributed by atoms with Gasteiger partial charge >= 0.3 is 0 Å². The number of aromatic hydroxyl groups is 1. The zero-order chi connectivity index (χ0) is 13.3. The van der Waals surface area contributed by atoms with E-state index < -0.39 is 16.1 Å². The Bertz CT molecular complexity index is 553. The van der Waals surface area contributed by atoms with Crippen LogP contribution in [0.1, 0.15) is 6.42 Å². The van der Waals surface area contributed by atoms with Gasteiger partial charge in [0, 0.05) is 13.6 Å². The van der Waals surface area contributed by atoms with Gasteiger partial charge in [-0.3, -0.25) is 4.79 Å². The SMILES string of the molecule is CN1CCC(NS(=O)(=O)c2ccc(O)cc2)C1=O. The lowest BCUT2D eigenvalue weighted by Crippen LogP contribution is -2.40. The third kappa shape index (κ3) is 2.46. The molecule has 0 aliphatic carbocycles. The topological polar surface area (TPSA) is 86.7 Å². The average molecular weight is 270 g/mol. The molecular formula is C11H14N2O4S. The number of carbonyl (C=O) groups is 1. The van der Waals surface area contributed by atoms with E-state index in [-0.39, 0.29) is 16.6 Å². The quantitative estimate of drug-likeness (QED) is 0.803. The number of sulfonamides is 1. The first-order valence-electron chi connectivity index (χ1n) is 5.46. The van der Waals surface area contributed by atoms with Gasteiger partial charge in [-0.05, 0) is 30.7 Å². The first-order chi connectivity index (χ1) is 8.40. The molecule has 2 rings (SSSR count). The maximum atomic E-state index is 12.0. The minimum atomic E-state index is -3.73. The molecule has 0 aromatic heterocycles. The molecular weight excluding hydrogens is 256 g/mol. The van der Waals surface area contributed by atoms with E-state index in [0.29, 0.717) is 13.0 Å². The molecule has 7 heteroatoms. The molecule has 1 aromatic rings. The molecule has 0 spiro atoms. The number of phenols is 1. The Hall–Kier alpha value is -1.60. The van der Waals surface area contributed by atoms with Crippen molar-refractivity contribution in [1.82, 2.24) is 9.62 Å². The highest BCUT2D eigenvalue weighted by Gasteiger charge is 2.32. The van der Waals surface area contributed by atoms with Crippen LogP contribution in [0.15, 0.2) is 29.2 Å². The minimum Gasteiger partial charge on any atom is -0.508 e. The first-order valence-corrected chi connectivity index (χ1v) is 6.95. The number of likely N-dealkylation sites (N-methyl/N-ethyl adjacent to an activating group) is 1. The maximum absolute atomic E-state index is 12.0. The molecule has 0 bridgehead atoms. The number of rotatable bonds is 3. The lowest BCUT2D eigenvalue weighted by molar-refractivity contribution is -0.127. The number of likely N-dealkylation sites (tertiary alicyclic amines) is 1. The molecule has 1 heterocycles. The molecule has 2 N–H and O–H groups in total. The highest BCUT2D eigenvalue weighted by molar-refractivity contribution is 7.89. The van der Waals surface area contributed by atoms with Crippen LogP contribution >= 0.6 is 0 Å². The molecule has 0 saturated carbocycles. The standard InChI is InChI=1S/C11H14N2O4S/c1-13-7-6-10(11(13)15)12-18(16,17)9-4-2-8(14)3-5-9/h2-5,10,12,14H,6-7H2,1H3. The smallest absolute Gasteiger partial charge is 0.241 e. The number of hydrogen-bond acceptors (Lipinski definition) is 4. The fourth-order valence-electron chi connectivity index (χ4n) is 1.81. The highest BCUT2D eigenvalue weighted by atomic mass is 32.2. The van der Waals surface area contributed by atoms with E-state index in [4.69, 9.17) is 5.11 Å². The maximum Gasteiger partial charge on any atom is 0.241 e. The lowest BCUT2D eigenvalue weighted by atomic mass is 10.3. The van der Waals surface area contributed by atoms with Gasteiger partial charge in [0.05, 0.1) is 4.90 Å². The van der Waals surface area contributed by atoms with Gasteiger partial charge in [0.1, 0.15) is 11.8 Å². The fraction of sp³-hybridized carbons (Fsp3) is 0.364. The van der Waals surface area contributed by atoms with Gasteiger partial charge in [0.25, 0.3) is 0 Å².